The summed E-state index contributed by atoms with van der Waals surface area (Å²) in [7, 11) is 0. The van der Waals surface area contributed by atoms with Gasteiger partial charge in [-0.05, 0) is 37.8 Å². The molecular formula is C16H22N4O4. The molecule has 2 aliphatic heterocycles. The molecule has 3 N–H and O–H groups in total. The third-order valence-corrected chi connectivity index (χ3v) is 4.65. The van der Waals surface area contributed by atoms with Gasteiger partial charge in [0, 0.05) is 13.0 Å². The zero-order valence-corrected chi connectivity index (χ0v) is 13.4. The number of hydrogen-bond donors (Lipinski definition) is 2. The van der Waals surface area contributed by atoms with Crippen molar-refractivity contribution in [3.63, 3.8) is 0 Å². The number of hydrogen-bond acceptors (Lipinski definition) is 7. The van der Waals surface area contributed by atoms with Gasteiger partial charge in [0.25, 0.3) is 0 Å². The molecule has 3 unspecified atom stereocenters. The fraction of sp³-hybridized carbons (Fsp3) is 0.625. The molecule has 2 aromatic rings. The van der Waals surface area contributed by atoms with Crippen LogP contribution in [0.3, 0.4) is 0 Å². The normalized spacial score (nSPS) is 30.9. The van der Waals surface area contributed by atoms with Gasteiger partial charge in [0.2, 0.25) is 5.79 Å². The van der Waals surface area contributed by atoms with Crippen LogP contribution in [-0.2, 0) is 20.0 Å². The first kappa shape index (κ1) is 15.8. The van der Waals surface area contributed by atoms with Crippen LogP contribution in [0, 0.1) is 0 Å². The Kier molecular flexibility index (Phi) is 4.13. The molecule has 4 rings (SSSR count). The van der Waals surface area contributed by atoms with Gasteiger partial charge in [-0.3, -0.25) is 0 Å². The number of ether oxygens (including phenoxy) is 3. The molecule has 2 aliphatic rings. The molecule has 0 bridgehead atoms. The number of aromatic nitrogens is 3. The molecule has 4 heterocycles. The number of nitrogens with zero attached hydrogens (tertiary/aromatic N) is 3. The van der Waals surface area contributed by atoms with E-state index in [1.807, 2.05) is 0 Å². The molecule has 3 atom stereocenters. The van der Waals surface area contributed by atoms with Gasteiger partial charge >= 0.3 is 0 Å². The average Bonchev–Trinajstić information content (AvgIpc) is 3.20. The lowest BCUT2D eigenvalue weighted by molar-refractivity contribution is -0.229. The molecule has 130 valence electrons. The van der Waals surface area contributed by atoms with Gasteiger partial charge in [0.15, 0.2) is 12.1 Å². The van der Waals surface area contributed by atoms with E-state index in [0.717, 1.165) is 25.9 Å². The average molecular weight is 334 g/mol. The van der Waals surface area contributed by atoms with Crippen molar-refractivity contribution in [2.45, 2.75) is 50.3 Å². The van der Waals surface area contributed by atoms with E-state index in [1.54, 1.807) is 16.6 Å². The number of fused-ring (bicyclic) bond motifs is 1. The smallest absolute Gasteiger partial charge is 0.210 e. The van der Waals surface area contributed by atoms with Gasteiger partial charge in [-0.15, -0.1) is 0 Å². The van der Waals surface area contributed by atoms with Crippen molar-refractivity contribution in [1.29, 1.82) is 0 Å². The minimum Gasteiger partial charge on any atom is -0.382 e. The summed E-state index contributed by atoms with van der Waals surface area (Å²) in [6.07, 6.45) is 5.34. The van der Waals surface area contributed by atoms with Crippen molar-refractivity contribution in [2.75, 3.05) is 18.9 Å². The third kappa shape index (κ3) is 2.86. The monoisotopic (exact) mass is 334 g/mol. The van der Waals surface area contributed by atoms with E-state index >= 15 is 0 Å². The summed E-state index contributed by atoms with van der Waals surface area (Å²) in [5, 5.41) is 15.1. The van der Waals surface area contributed by atoms with E-state index in [-0.39, 0.29) is 12.4 Å². The molecule has 0 saturated carbocycles. The predicted octanol–water partition coefficient (Wildman–Crippen LogP) is 1.18. The van der Waals surface area contributed by atoms with Crippen molar-refractivity contribution < 1.29 is 19.3 Å². The Morgan fingerprint density at radius 3 is 3.12 bits per heavy atom. The highest BCUT2D eigenvalue weighted by Crippen LogP contribution is 2.38. The second-order valence-corrected chi connectivity index (χ2v) is 6.35. The molecule has 2 saturated heterocycles. The highest BCUT2D eigenvalue weighted by atomic mass is 16.7. The summed E-state index contributed by atoms with van der Waals surface area (Å²) in [5.41, 5.74) is 7.05. The van der Waals surface area contributed by atoms with Crippen molar-refractivity contribution in [3.05, 3.63) is 24.2 Å². The Labute approximate surface area is 139 Å². The summed E-state index contributed by atoms with van der Waals surface area (Å²) in [6, 6.07) is 3.56. The molecule has 0 radical (unpaired) electrons. The quantitative estimate of drug-likeness (QED) is 0.865. The topological polar surface area (TPSA) is 104 Å². The van der Waals surface area contributed by atoms with Crippen molar-refractivity contribution >= 4 is 11.3 Å². The fourth-order valence-corrected chi connectivity index (χ4v) is 3.36. The van der Waals surface area contributed by atoms with Gasteiger partial charge in [-0.25, -0.2) is 9.50 Å². The molecule has 0 aliphatic carbocycles. The van der Waals surface area contributed by atoms with Gasteiger partial charge in [0.05, 0.1) is 12.7 Å². The Balaban J connectivity index is 1.45. The largest absolute Gasteiger partial charge is 0.382 e. The zero-order valence-electron chi connectivity index (χ0n) is 13.4. The fourth-order valence-electron chi connectivity index (χ4n) is 3.36. The van der Waals surface area contributed by atoms with Crippen LogP contribution >= 0.6 is 0 Å². The maximum absolute atomic E-state index is 10.9. The molecular weight excluding hydrogens is 312 g/mol. The number of anilines is 1. The first-order chi connectivity index (χ1) is 11.7. The van der Waals surface area contributed by atoms with Crippen LogP contribution in [-0.4, -0.2) is 45.3 Å². The van der Waals surface area contributed by atoms with E-state index in [2.05, 4.69) is 10.1 Å². The zero-order chi connectivity index (χ0) is 16.6. The lowest BCUT2D eigenvalue weighted by Crippen LogP contribution is -2.31. The summed E-state index contributed by atoms with van der Waals surface area (Å²) in [4.78, 5) is 3.96. The van der Waals surface area contributed by atoms with Gasteiger partial charge in [0.1, 0.15) is 17.5 Å². The second kappa shape index (κ2) is 6.29. The van der Waals surface area contributed by atoms with Crippen LogP contribution in [0.2, 0.25) is 0 Å². The minimum absolute atomic E-state index is 0.155. The molecule has 0 spiro atoms. The molecule has 24 heavy (non-hydrogen) atoms. The summed E-state index contributed by atoms with van der Waals surface area (Å²) >= 11 is 0. The first-order valence-corrected chi connectivity index (χ1v) is 8.38. The molecule has 0 amide bonds. The maximum Gasteiger partial charge on any atom is 0.210 e. The Hall–Kier alpha value is -1.74. The van der Waals surface area contributed by atoms with E-state index in [9.17, 15) is 5.11 Å². The Morgan fingerprint density at radius 2 is 2.29 bits per heavy atom. The van der Waals surface area contributed by atoms with Crippen molar-refractivity contribution in [1.82, 2.24) is 14.6 Å². The van der Waals surface area contributed by atoms with Crippen LogP contribution in [0.1, 0.15) is 37.8 Å². The molecule has 2 aromatic heterocycles. The number of rotatable bonds is 4. The van der Waals surface area contributed by atoms with Crippen molar-refractivity contribution in [3.8, 4) is 0 Å². The van der Waals surface area contributed by atoms with E-state index in [0.29, 0.717) is 36.5 Å². The lowest BCUT2D eigenvalue weighted by atomic mass is 10.1. The van der Waals surface area contributed by atoms with Crippen LogP contribution in [0.25, 0.3) is 5.52 Å². The van der Waals surface area contributed by atoms with Gasteiger partial charge < -0.3 is 25.1 Å². The number of aliphatic hydroxyl groups is 1. The Morgan fingerprint density at radius 1 is 1.38 bits per heavy atom. The second-order valence-electron chi connectivity index (χ2n) is 6.35. The first-order valence-electron chi connectivity index (χ1n) is 8.38. The van der Waals surface area contributed by atoms with Crippen molar-refractivity contribution in [2.24, 2.45) is 0 Å². The highest BCUT2D eigenvalue weighted by Gasteiger charge is 2.42. The molecule has 2 fully saturated rings. The van der Waals surface area contributed by atoms with Crippen LogP contribution in [0.4, 0.5) is 5.82 Å². The van der Waals surface area contributed by atoms with E-state index < -0.39 is 5.79 Å². The standard InChI is InChI=1S/C16H22N4O4/c17-15-12-4-5-13(20(12)19-10-18-15)16(21)7-6-11(24-16)9-23-14-3-1-2-8-22-14/h4-5,10-11,14,21H,1-3,6-9H2,(H2,17,18,19). The third-order valence-electron chi connectivity index (χ3n) is 4.65. The van der Waals surface area contributed by atoms with E-state index in [4.69, 9.17) is 19.9 Å². The predicted molar refractivity (Wildman–Crippen MR) is 84.9 cm³/mol. The number of nitrogen functional groups attached to an aromatic ring is 1. The van der Waals surface area contributed by atoms with Crippen LogP contribution in [0.15, 0.2) is 18.5 Å². The Bertz CT molecular complexity index is 715. The maximum atomic E-state index is 10.9. The lowest BCUT2D eigenvalue weighted by Gasteiger charge is -2.26. The summed E-state index contributed by atoms with van der Waals surface area (Å²) < 4.78 is 18.8. The highest BCUT2D eigenvalue weighted by molar-refractivity contribution is 5.65. The summed E-state index contributed by atoms with van der Waals surface area (Å²) in [6.45, 7) is 1.16. The van der Waals surface area contributed by atoms with Crippen LogP contribution in [0.5, 0.6) is 0 Å². The van der Waals surface area contributed by atoms with Gasteiger partial charge in [-0.2, -0.15) is 5.10 Å². The number of nitrogens with two attached hydrogens (primary N) is 1. The van der Waals surface area contributed by atoms with Crippen LogP contribution < -0.4 is 5.73 Å². The van der Waals surface area contributed by atoms with E-state index in [1.165, 1.54) is 6.33 Å². The van der Waals surface area contributed by atoms with Gasteiger partial charge in [-0.1, -0.05) is 0 Å². The summed E-state index contributed by atoms with van der Waals surface area (Å²) in [5.74, 6) is -1.03. The molecule has 0 aromatic carbocycles. The SMILES string of the molecule is Nc1ncnn2c(C3(O)CCC(COC4CCCCO4)O3)ccc12. The molecule has 8 heteroatoms. The molecule has 8 nitrogen and oxygen atoms in total. The minimum atomic E-state index is -1.39.